The van der Waals surface area contributed by atoms with Crippen molar-refractivity contribution >= 4 is 0 Å². The van der Waals surface area contributed by atoms with E-state index in [1.807, 2.05) is 12.1 Å². The molecule has 88 valence electrons. The molecule has 1 atom stereocenters. The molecule has 2 nitrogen and oxygen atoms in total. The third-order valence-corrected chi connectivity index (χ3v) is 2.89. The molecule has 0 aromatic heterocycles. The molecule has 1 aliphatic rings. The van der Waals surface area contributed by atoms with E-state index in [1.54, 1.807) is 0 Å². The number of halogens is 1. The molecular formula is C13H18FNO. The Morgan fingerprint density at radius 3 is 2.75 bits per heavy atom. The zero-order valence-electron chi connectivity index (χ0n) is 9.42. The smallest absolute Gasteiger partial charge is 0.119 e. The number of rotatable bonds is 5. The Morgan fingerprint density at radius 1 is 1.31 bits per heavy atom. The van der Waals surface area contributed by atoms with Gasteiger partial charge >= 0.3 is 0 Å². The van der Waals surface area contributed by atoms with E-state index in [4.69, 9.17) is 4.74 Å². The standard InChI is InChI=1S/C13H18FNO/c14-8-2-10-16-12-6-4-11(5-7-12)13-3-1-9-15-13/h4-7,13,15H,1-3,8-10H2/t13-/m1/s1. The molecule has 0 saturated carbocycles. The molecule has 1 aliphatic heterocycles. The molecule has 1 aromatic carbocycles. The van der Waals surface area contributed by atoms with E-state index in [2.05, 4.69) is 17.4 Å². The maximum Gasteiger partial charge on any atom is 0.119 e. The van der Waals surface area contributed by atoms with Crippen LogP contribution in [-0.2, 0) is 0 Å². The number of alkyl halides is 1. The van der Waals surface area contributed by atoms with E-state index in [1.165, 1.54) is 18.4 Å². The summed E-state index contributed by atoms with van der Waals surface area (Å²) in [6, 6.07) is 8.61. The van der Waals surface area contributed by atoms with Crippen LogP contribution >= 0.6 is 0 Å². The van der Waals surface area contributed by atoms with Crippen molar-refractivity contribution in [1.29, 1.82) is 0 Å². The number of nitrogens with one attached hydrogen (secondary N) is 1. The van der Waals surface area contributed by atoms with Gasteiger partial charge in [-0.05, 0) is 37.1 Å². The molecule has 1 heterocycles. The fraction of sp³-hybridized carbons (Fsp3) is 0.538. The number of ether oxygens (including phenoxy) is 1. The van der Waals surface area contributed by atoms with Gasteiger partial charge in [0.05, 0.1) is 13.3 Å². The summed E-state index contributed by atoms with van der Waals surface area (Å²) in [6.07, 6.45) is 2.92. The first-order chi connectivity index (χ1) is 7.90. The molecule has 0 bridgehead atoms. The Bertz CT molecular complexity index is 306. The lowest BCUT2D eigenvalue weighted by molar-refractivity contribution is 0.289. The summed E-state index contributed by atoms with van der Waals surface area (Å²) < 4.78 is 17.3. The first kappa shape index (κ1) is 11.4. The molecule has 0 unspecified atom stereocenters. The van der Waals surface area contributed by atoms with E-state index in [0.29, 0.717) is 19.1 Å². The number of hydrogen-bond donors (Lipinski definition) is 1. The summed E-state index contributed by atoms with van der Waals surface area (Å²) in [5.41, 5.74) is 1.32. The molecule has 0 amide bonds. The summed E-state index contributed by atoms with van der Waals surface area (Å²) in [5, 5.41) is 3.45. The highest BCUT2D eigenvalue weighted by atomic mass is 19.1. The van der Waals surface area contributed by atoms with E-state index < -0.39 is 0 Å². The maximum atomic E-state index is 11.9. The van der Waals surface area contributed by atoms with Crippen LogP contribution in [0.4, 0.5) is 4.39 Å². The fourth-order valence-electron chi connectivity index (χ4n) is 2.01. The van der Waals surface area contributed by atoms with Crippen molar-refractivity contribution < 1.29 is 9.13 Å². The highest BCUT2D eigenvalue weighted by Crippen LogP contribution is 2.24. The summed E-state index contributed by atoms with van der Waals surface area (Å²) in [6.45, 7) is 1.25. The van der Waals surface area contributed by atoms with Gasteiger partial charge in [0, 0.05) is 12.5 Å². The van der Waals surface area contributed by atoms with Crippen LogP contribution in [0.5, 0.6) is 5.75 Å². The first-order valence-electron chi connectivity index (χ1n) is 5.92. The molecule has 0 aliphatic carbocycles. The van der Waals surface area contributed by atoms with Gasteiger partial charge in [0.2, 0.25) is 0 Å². The van der Waals surface area contributed by atoms with Crippen molar-refractivity contribution in [3.8, 4) is 5.75 Å². The van der Waals surface area contributed by atoms with Crippen molar-refractivity contribution in [2.75, 3.05) is 19.8 Å². The zero-order chi connectivity index (χ0) is 11.2. The first-order valence-corrected chi connectivity index (χ1v) is 5.92. The zero-order valence-corrected chi connectivity index (χ0v) is 9.42. The molecule has 1 saturated heterocycles. The molecule has 0 spiro atoms. The third-order valence-electron chi connectivity index (χ3n) is 2.89. The fourth-order valence-corrected chi connectivity index (χ4v) is 2.01. The molecule has 1 fully saturated rings. The highest BCUT2D eigenvalue weighted by Gasteiger charge is 2.15. The number of benzene rings is 1. The van der Waals surface area contributed by atoms with Crippen molar-refractivity contribution in [2.45, 2.75) is 25.3 Å². The minimum absolute atomic E-state index is 0.315. The number of hydrogen-bond acceptors (Lipinski definition) is 2. The average Bonchev–Trinajstić information content (AvgIpc) is 2.84. The van der Waals surface area contributed by atoms with Crippen molar-refractivity contribution in [3.63, 3.8) is 0 Å². The molecule has 16 heavy (non-hydrogen) atoms. The van der Waals surface area contributed by atoms with Crippen LogP contribution in [0.2, 0.25) is 0 Å². The predicted octanol–water partition coefficient (Wildman–Crippen LogP) is 2.85. The topological polar surface area (TPSA) is 21.3 Å². The van der Waals surface area contributed by atoms with E-state index >= 15 is 0 Å². The van der Waals surface area contributed by atoms with Crippen LogP contribution in [0.15, 0.2) is 24.3 Å². The lowest BCUT2D eigenvalue weighted by atomic mass is 10.1. The molecular weight excluding hydrogens is 205 g/mol. The van der Waals surface area contributed by atoms with Crippen molar-refractivity contribution in [1.82, 2.24) is 5.32 Å². The summed E-state index contributed by atoms with van der Waals surface area (Å²) >= 11 is 0. The van der Waals surface area contributed by atoms with Gasteiger partial charge in [-0.25, -0.2) is 0 Å². The molecule has 1 aromatic rings. The van der Waals surface area contributed by atoms with Crippen LogP contribution in [0.1, 0.15) is 30.9 Å². The van der Waals surface area contributed by atoms with Gasteiger partial charge in [0.25, 0.3) is 0 Å². The van der Waals surface area contributed by atoms with Crippen LogP contribution < -0.4 is 10.1 Å². The SMILES string of the molecule is FCCCOc1ccc([C@H]2CCCN2)cc1. The van der Waals surface area contributed by atoms with Gasteiger partial charge in [-0.2, -0.15) is 0 Å². The Labute approximate surface area is 95.8 Å². The largest absolute Gasteiger partial charge is 0.494 e. The van der Waals surface area contributed by atoms with Gasteiger partial charge in [0.1, 0.15) is 5.75 Å². The van der Waals surface area contributed by atoms with Gasteiger partial charge in [-0.3, -0.25) is 4.39 Å². The molecule has 1 N–H and O–H groups in total. The second kappa shape index (κ2) is 5.85. The van der Waals surface area contributed by atoms with Gasteiger partial charge < -0.3 is 10.1 Å². The van der Waals surface area contributed by atoms with Gasteiger partial charge in [-0.1, -0.05) is 12.1 Å². The maximum absolute atomic E-state index is 11.9. The average molecular weight is 223 g/mol. The van der Waals surface area contributed by atoms with E-state index in [9.17, 15) is 4.39 Å². The minimum atomic E-state index is -0.315. The van der Waals surface area contributed by atoms with Crippen molar-refractivity contribution in [2.24, 2.45) is 0 Å². The molecule has 0 radical (unpaired) electrons. The minimum Gasteiger partial charge on any atom is -0.494 e. The lowest BCUT2D eigenvalue weighted by Gasteiger charge is -2.11. The van der Waals surface area contributed by atoms with Gasteiger partial charge in [-0.15, -0.1) is 0 Å². The molecule has 2 rings (SSSR count). The Balaban J connectivity index is 1.88. The van der Waals surface area contributed by atoms with Crippen LogP contribution in [0.3, 0.4) is 0 Å². The van der Waals surface area contributed by atoms with Crippen LogP contribution in [0.25, 0.3) is 0 Å². The summed E-state index contributed by atoms with van der Waals surface area (Å²) in [4.78, 5) is 0. The quantitative estimate of drug-likeness (QED) is 0.775. The van der Waals surface area contributed by atoms with Crippen LogP contribution in [0, 0.1) is 0 Å². The highest BCUT2D eigenvalue weighted by molar-refractivity contribution is 5.29. The summed E-state index contributed by atoms with van der Waals surface area (Å²) in [7, 11) is 0. The Hall–Kier alpha value is -1.09. The van der Waals surface area contributed by atoms with E-state index in [-0.39, 0.29) is 6.67 Å². The second-order valence-electron chi connectivity index (χ2n) is 4.11. The van der Waals surface area contributed by atoms with Gasteiger partial charge in [0.15, 0.2) is 0 Å². The van der Waals surface area contributed by atoms with E-state index in [0.717, 1.165) is 12.3 Å². The lowest BCUT2D eigenvalue weighted by Crippen LogP contribution is -2.12. The second-order valence-corrected chi connectivity index (χ2v) is 4.11. The monoisotopic (exact) mass is 223 g/mol. The Morgan fingerprint density at radius 2 is 2.12 bits per heavy atom. The summed E-state index contributed by atoms with van der Waals surface area (Å²) in [5.74, 6) is 0.829. The van der Waals surface area contributed by atoms with Crippen molar-refractivity contribution in [3.05, 3.63) is 29.8 Å². The normalized spacial score (nSPS) is 19.9. The molecule has 3 heteroatoms. The Kier molecular flexibility index (Phi) is 4.17. The van der Waals surface area contributed by atoms with Crippen LogP contribution in [-0.4, -0.2) is 19.8 Å². The predicted molar refractivity (Wildman–Crippen MR) is 62.5 cm³/mol. The third kappa shape index (κ3) is 2.95.